The molecule has 19 heavy (non-hydrogen) atoms. The zero-order chi connectivity index (χ0) is 14.5. The Bertz CT molecular complexity index is 430. The van der Waals surface area contributed by atoms with Gasteiger partial charge in [0.2, 0.25) is 5.91 Å². The monoisotopic (exact) mass is 326 g/mol. The molecule has 0 unspecified atom stereocenters. The zero-order valence-corrected chi connectivity index (χ0v) is 13.7. The highest BCUT2D eigenvalue weighted by Gasteiger charge is 2.21. The third kappa shape index (κ3) is 5.74. The number of amides is 1. The number of anilines is 1. The van der Waals surface area contributed by atoms with Crippen molar-refractivity contribution >= 4 is 27.5 Å². The van der Waals surface area contributed by atoms with Crippen LogP contribution in [0.1, 0.15) is 27.7 Å². The van der Waals surface area contributed by atoms with Crippen molar-refractivity contribution in [3.05, 3.63) is 28.7 Å². The van der Waals surface area contributed by atoms with Gasteiger partial charge in [0.1, 0.15) is 0 Å². The Labute approximate surface area is 124 Å². The molecule has 4 heteroatoms. The van der Waals surface area contributed by atoms with Gasteiger partial charge in [0.05, 0.1) is 6.54 Å². The van der Waals surface area contributed by atoms with Crippen LogP contribution in [0.25, 0.3) is 0 Å². The summed E-state index contributed by atoms with van der Waals surface area (Å²) in [6, 6.07) is 7.59. The van der Waals surface area contributed by atoms with Crippen LogP contribution < -0.4 is 10.6 Å². The van der Waals surface area contributed by atoms with Gasteiger partial charge >= 0.3 is 0 Å². The summed E-state index contributed by atoms with van der Waals surface area (Å²) in [5, 5.41) is 6.08. The Hall–Kier alpha value is -0.870. The van der Waals surface area contributed by atoms with Crippen LogP contribution in [0.15, 0.2) is 28.7 Å². The third-order valence-corrected chi connectivity index (χ3v) is 4.03. The molecule has 0 aliphatic carbocycles. The average molecular weight is 327 g/mol. The molecule has 1 rings (SSSR count). The summed E-state index contributed by atoms with van der Waals surface area (Å²) in [6.45, 7) is 9.97. The van der Waals surface area contributed by atoms with E-state index in [0.29, 0.717) is 12.5 Å². The van der Waals surface area contributed by atoms with Crippen molar-refractivity contribution in [2.75, 3.05) is 18.4 Å². The summed E-state index contributed by atoms with van der Waals surface area (Å²) < 4.78 is 0.958. The van der Waals surface area contributed by atoms with Crippen molar-refractivity contribution in [1.82, 2.24) is 5.32 Å². The Balaban J connectivity index is 2.37. The average Bonchev–Trinajstić information content (AvgIpc) is 2.28. The maximum atomic E-state index is 11.8. The molecule has 0 aliphatic heterocycles. The van der Waals surface area contributed by atoms with E-state index in [0.717, 1.165) is 16.7 Å². The second-order valence-corrected chi connectivity index (χ2v) is 6.72. The number of carbonyl (C=O) groups excluding carboxylic acids is 1. The van der Waals surface area contributed by atoms with Crippen molar-refractivity contribution in [1.29, 1.82) is 0 Å². The van der Waals surface area contributed by atoms with Gasteiger partial charge in [-0.2, -0.15) is 0 Å². The van der Waals surface area contributed by atoms with Crippen molar-refractivity contribution in [3.8, 4) is 0 Å². The minimum Gasteiger partial charge on any atom is -0.325 e. The number of rotatable bonds is 6. The minimum atomic E-state index is -0.0161. The Morgan fingerprint density at radius 3 is 2.63 bits per heavy atom. The molecule has 0 aliphatic rings. The first-order valence-electron chi connectivity index (χ1n) is 6.57. The summed E-state index contributed by atoms with van der Waals surface area (Å²) in [7, 11) is 0. The van der Waals surface area contributed by atoms with E-state index in [2.05, 4.69) is 54.3 Å². The van der Waals surface area contributed by atoms with Crippen LogP contribution in [0.4, 0.5) is 5.69 Å². The van der Waals surface area contributed by atoms with Gasteiger partial charge in [0, 0.05) is 16.7 Å². The van der Waals surface area contributed by atoms with Gasteiger partial charge in [-0.25, -0.2) is 0 Å². The van der Waals surface area contributed by atoms with Gasteiger partial charge in [-0.05, 0) is 29.5 Å². The van der Waals surface area contributed by atoms with Crippen LogP contribution in [0.2, 0.25) is 0 Å². The van der Waals surface area contributed by atoms with Gasteiger partial charge in [-0.15, -0.1) is 0 Å². The molecule has 3 nitrogen and oxygen atoms in total. The van der Waals surface area contributed by atoms with E-state index in [4.69, 9.17) is 0 Å². The first-order valence-corrected chi connectivity index (χ1v) is 7.37. The summed E-state index contributed by atoms with van der Waals surface area (Å²) >= 11 is 3.38. The van der Waals surface area contributed by atoms with Crippen molar-refractivity contribution in [2.45, 2.75) is 27.7 Å². The van der Waals surface area contributed by atoms with E-state index in [9.17, 15) is 4.79 Å². The second-order valence-electron chi connectivity index (χ2n) is 5.81. The summed E-state index contributed by atoms with van der Waals surface area (Å²) in [5.74, 6) is 0.561. The van der Waals surface area contributed by atoms with Crippen LogP contribution in [-0.4, -0.2) is 19.0 Å². The Kier molecular flexibility index (Phi) is 6.01. The van der Waals surface area contributed by atoms with Crippen LogP contribution >= 0.6 is 15.9 Å². The lowest BCUT2D eigenvalue weighted by Gasteiger charge is -2.29. The molecular weight excluding hydrogens is 304 g/mol. The SMILES string of the molecule is CC(C)C(C)(C)CNCC(=O)Nc1cccc(Br)c1. The molecule has 1 amide bonds. The molecule has 2 N–H and O–H groups in total. The fraction of sp³-hybridized carbons (Fsp3) is 0.533. The highest BCUT2D eigenvalue weighted by molar-refractivity contribution is 9.10. The van der Waals surface area contributed by atoms with E-state index >= 15 is 0 Å². The predicted octanol–water partition coefficient (Wildman–Crippen LogP) is 3.66. The summed E-state index contributed by atoms with van der Waals surface area (Å²) in [5.41, 5.74) is 1.00. The quantitative estimate of drug-likeness (QED) is 0.837. The predicted molar refractivity (Wildman–Crippen MR) is 84.3 cm³/mol. The van der Waals surface area contributed by atoms with Crippen molar-refractivity contribution < 1.29 is 4.79 Å². The normalized spacial score (nSPS) is 11.7. The van der Waals surface area contributed by atoms with Gasteiger partial charge in [0.15, 0.2) is 0 Å². The number of benzene rings is 1. The maximum absolute atomic E-state index is 11.8. The largest absolute Gasteiger partial charge is 0.325 e. The molecule has 1 aromatic carbocycles. The van der Waals surface area contributed by atoms with E-state index in [1.165, 1.54) is 0 Å². The lowest BCUT2D eigenvalue weighted by Crippen LogP contribution is -2.37. The highest BCUT2D eigenvalue weighted by atomic mass is 79.9. The van der Waals surface area contributed by atoms with Crippen LogP contribution in [0.3, 0.4) is 0 Å². The van der Waals surface area contributed by atoms with Gasteiger partial charge in [0.25, 0.3) is 0 Å². The molecule has 0 aromatic heterocycles. The minimum absolute atomic E-state index is 0.0161. The molecule has 0 radical (unpaired) electrons. The smallest absolute Gasteiger partial charge is 0.238 e. The highest BCUT2D eigenvalue weighted by Crippen LogP contribution is 2.24. The molecule has 0 saturated heterocycles. The van der Waals surface area contributed by atoms with Crippen LogP contribution in [0.5, 0.6) is 0 Å². The van der Waals surface area contributed by atoms with E-state index in [1.54, 1.807) is 0 Å². The number of nitrogens with one attached hydrogen (secondary N) is 2. The van der Waals surface area contributed by atoms with E-state index < -0.39 is 0 Å². The lowest BCUT2D eigenvalue weighted by molar-refractivity contribution is -0.115. The molecule has 0 atom stereocenters. The standard InChI is InChI=1S/C15H23BrN2O/c1-11(2)15(3,4)10-17-9-14(19)18-13-7-5-6-12(16)8-13/h5-8,11,17H,9-10H2,1-4H3,(H,18,19). The van der Waals surface area contributed by atoms with Gasteiger partial charge in [-0.1, -0.05) is 49.7 Å². The van der Waals surface area contributed by atoms with Crippen LogP contribution in [-0.2, 0) is 4.79 Å². The molecule has 106 valence electrons. The van der Waals surface area contributed by atoms with E-state index in [-0.39, 0.29) is 11.3 Å². The Morgan fingerprint density at radius 1 is 1.37 bits per heavy atom. The molecular formula is C15H23BrN2O. The lowest BCUT2D eigenvalue weighted by atomic mass is 9.81. The number of halogens is 1. The topological polar surface area (TPSA) is 41.1 Å². The number of hydrogen-bond acceptors (Lipinski definition) is 2. The first kappa shape index (κ1) is 16.2. The number of carbonyl (C=O) groups is 1. The molecule has 0 fully saturated rings. The third-order valence-electron chi connectivity index (χ3n) is 3.54. The van der Waals surface area contributed by atoms with Crippen molar-refractivity contribution in [2.24, 2.45) is 11.3 Å². The molecule has 0 bridgehead atoms. The summed E-state index contributed by atoms with van der Waals surface area (Å²) in [4.78, 5) is 11.8. The number of hydrogen-bond donors (Lipinski definition) is 2. The maximum Gasteiger partial charge on any atom is 0.238 e. The molecule has 0 spiro atoms. The van der Waals surface area contributed by atoms with Crippen LogP contribution in [0, 0.1) is 11.3 Å². The first-order chi connectivity index (χ1) is 8.81. The fourth-order valence-electron chi connectivity index (χ4n) is 1.47. The molecule has 1 aromatic rings. The van der Waals surface area contributed by atoms with Gasteiger partial charge in [-0.3, -0.25) is 4.79 Å². The van der Waals surface area contributed by atoms with E-state index in [1.807, 2.05) is 24.3 Å². The fourth-order valence-corrected chi connectivity index (χ4v) is 1.87. The van der Waals surface area contributed by atoms with Gasteiger partial charge < -0.3 is 10.6 Å². The summed E-state index contributed by atoms with van der Waals surface area (Å²) in [6.07, 6.45) is 0. The Morgan fingerprint density at radius 2 is 2.05 bits per heavy atom. The molecule has 0 saturated carbocycles. The second kappa shape index (κ2) is 7.06. The zero-order valence-electron chi connectivity index (χ0n) is 12.1. The molecule has 0 heterocycles. The van der Waals surface area contributed by atoms with Crippen molar-refractivity contribution in [3.63, 3.8) is 0 Å².